The van der Waals surface area contributed by atoms with Crippen molar-refractivity contribution in [1.29, 1.82) is 0 Å². The summed E-state index contributed by atoms with van der Waals surface area (Å²) in [5.41, 5.74) is 3.61. The number of benzene rings is 2. The van der Waals surface area contributed by atoms with Crippen LogP contribution in [0.1, 0.15) is 22.7 Å². The van der Waals surface area contributed by atoms with E-state index in [0.29, 0.717) is 10.0 Å². The van der Waals surface area contributed by atoms with Gasteiger partial charge in [0.2, 0.25) is 0 Å². The van der Waals surface area contributed by atoms with Gasteiger partial charge in [0, 0.05) is 20.6 Å². The summed E-state index contributed by atoms with van der Waals surface area (Å²) in [4.78, 5) is 0. The molecule has 1 atom stereocenters. The van der Waals surface area contributed by atoms with Crippen molar-refractivity contribution in [3.05, 3.63) is 67.6 Å². The van der Waals surface area contributed by atoms with Crippen LogP contribution in [0.15, 0.2) is 40.9 Å². The van der Waals surface area contributed by atoms with Crippen LogP contribution in [-0.2, 0) is 6.42 Å². The van der Waals surface area contributed by atoms with E-state index in [9.17, 15) is 0 Å². The number of hydrogen-bond donors (Lipinski definition) is 1. The molecule has 4 heteroatoms. The van der Waals surface area contributed by atoms with Crippen LogP contribution in [0.4, 0.5) is 0 Å². The van der Waals surface area contributed by atoms with Gasteiger partial charge in [-0.3, -0.25) is 0 Å². The van der Waals surface area contributed by atoms with Crippen molar-refractivity contribution in [1.82, 2.24) is 5.32 Å². The zero-order valence-corrected chi connectivity index (χ0v) is 14.5. The molecule has 0 aliphatic rings. The molecule has 106 valence electrons. The predicted octanol–water partition coefficient (Wildman–Crippen LogP) is 5.57. The first-order valence-corrected chi connectivity index (χ1v) is 7.94. The summed E-state index contributed by atoms with van der Waals surface area (Å²) in [5, 5.41) is 4.74. The quantitative estimate of drug-likeness (QED) is 0.739. The summed E-state index contributed by atoms with van der Waals surface area (Å²) < 4.78 is 1.12. The predicted molar refractivity (Wildman–Crippen MR) is 90.8 cm³/mol. The minimum atomic E-state index is 0.214. The molecule has 2 aromatic carbocycles. The fourth-order valence-corrected chi connectivity index (χ4v) is 3.14. The van der Waals surface area contributed by atoms with Crippen LogP contribution in [-0.4, -0.2) is 7.05 Å². The first-order chi connectivity index (χ1) is 9.52. The van der Waals surface area contributed by atoms with Gasteiger partial charge in [0.25, 0.3) is 0 Å². The molecule has 2 aromatic rings. The van der Waals surface area contributed by atoms with Crippen molar-refractivity contribution in [2.45, 2.75) is 19.4 Å². The molecule has 2 rings (SSSR count). The van der Waals surface area contributed by atoms with Gasteiger partial charge >= 0.3 is 0 Å². The van der Waals surface area contributed by atoms with Crippen molar-refractivity contribution >= 4 is 39.1 Å². The van der Waals surface area contributed by atoms with E-state index in [4.69, 9.17) is 23.2 Å². The lowest BCUT2D eigenvalue weighted by atomic mass is 9.95. The van der Waals surface area contributed by atoms with Crippen molar-refractivity contribution in [3.8, 4) is 0 Å². The van der Waals surface area contributed by atoms with Gasteiger partial charge in [-0.05, 0) is 55.3 Å². The summed E-state index contributed by atoms with van der Waals surface area (Å²) >= 11 is 15.8. The molecule has 1 unspecified atom stereocenters. The van der Waals surface area contributed by atoms with Crippen molar-refractivity contribution in [2.24, 2.45) is 0 Å². The van der Waals surface area contributed by atoms with Crippen molar-refractivity contribution < 1.29 is 0 Å². The molecule has 0 spiro atoms. The molecule has 0 amide bonds. The molecule has 0 aliphatic heterocycles. The Bertz CT molecular complexity index is 613. The minimum absolute atomic E-state index is 0.214. The van der Waals surface area contributed by atoms with Crippen molar-refractivity contribution in [3.63, 3.8) is 0 Å². The Labute approximate surface area is 138 Å². The van der Waals surface area contributed by atoms with E-state index < -0.39 is 0 Å². The highest BCUT2D eigenvalue weighted by atomic mass is 79.9. The fraction of sp³-hybridized carbons (Fsp3) is 0.250. The largest absolute Gasteiger partial charge is 0.313 e. The molecule has 1 N–H and O–H groups in total. The Morgan fingerprint density at radius 1 is 1.20 bits per heavy atom. The standard InChI is InChI=1S/C16H16BrCl2N/c1-10-13(4-3-5-14(10)17)16(20-2)8-11-6-7-12(18)9-15(11)19/h3-7,9,16,20H,8H2,1-2H3. The van der Waals surface area contributed by atoms with Gasteiger partial charge in [0.05, 0.1) is 0 Å². The summed E-state index contributed by atoms with van der Waals surface area (Å²) in [6.45, 7) is 2.12. The molecular weight excluding hydrogens is 357 g/mol. The molecule has 20 heavy (non-hydrogen) atoms. The molecule has 0 heterocycles. The van der Waals surface area contributed by atoms with Gasteiger partial charge in [-0.1, -0.05) is 57.3 Å². The van der Waals surface area contributed by atoms with E-state index in [2.05, 4.69) is 46.4 Å². The maximum Gasteiger partial charge on any atom is 0.0453 e. The second kappa shape index (κ2) is 6.95. The van der Waals surface area contributed by atoms with Crippen LogP contribution in [0.25, 0.3) is 0 Å². The zero-order chi connectivity index (χ0) is 14.7. The number of rotatable bonds is 4. The summed E-state index contributed by atoms with van der Waals surface area (Å²) in [6.07, 6.45) is 0.823. The molecular formula is C16H16BrCl2N. The number of nitrogens with one attached hydrogen (secondary N) is 1. The summed E-state index contributed by atoms with van der Waals surface area (Å²) in [5.74, 6) is 0. The van der Waals surface area contributed by atoms with Gasteiger partial charge in [0.15, 0.2) is 0 Å². The third kappa shape index (κ3) is 3.56. The van der Waals surface area contributed by atoms with Gasteiger partial charge in [-0.15, -0.1) is 0 Å². The zero-order valence-electron chi connectivity index (χ0n) is 11.4. The Balaban J connectivity index is 2.31. The number of halogens is 3. The highest BCUT2D eigenvalue weighted by Gasteiger charge is 2.15. The molecule has 0 aromatic heterocycles. The Kier molecular flexibility index (Phi) is 5.50. The Morgan fingerprint density at radius 2 is 1.95 bits per heavy atom. The molecule has 1 nitrogen and oxygen atoms in total. The van der Waals surface area contributed by atoms with Crippen LogP contribution in [0, 0.1) is 6.92 Å². The summed E-state index contributed by atoms with van der Waals surface area (Å²) in [6, 6.07) is 12.1. The SMILES string of the molecule is CNC(Cc1ccc(Cl)cc1Cl)c1cccc(Br)c1C. The Morgan fingerprint density at radius 3 is 2.60 bits per heavy atom. The fourth-order valence-electron chi connectivity index (χ4n) is 2.28. The molecule has 0 fully saturated rings. The topological polar surface area (TPSA) is 12.0 Å². The monoisotopic (exact) mass is 371 g/mol. The molecule has 0 saturated heterocycles. The second-order valence-electron chi connectivity index (χ2n) is 4.74. The van der Waals surface area contributed by atoms with Crippen LogP contribution >= 0.6 is 39.1 Å². The van der Waals surface area contributed by atoms with E-state index in [1.807, 2.05) is 19.2 Å². The molecule has 0 aliphatic carbocycles. The van der Waals surface area contributed by atoms with E-state index in [1.54, 1.807) is 6.07 Å². The lowest BCUT2D eigenvalue weighted by Crippen LogP contribution is -2.20. The van der Waals surface area contributed by atoms with Gasteiger partial charge < -0.3 is 5.32 Å². The first-order valence-electron chi connectivity index (χ1n) is 6.39. The highest BCUT2D eigenvalue weighted by Crippen LogP contribution is 2.29. The minimum Gasteiger partial charge on any atom is -0.313 e. The molecule has 0 bridgehead atoms. The van der Waals surface area contributed by atoms with E-state index in [1.165, 1.54) is 11.1 Å². The number of hydrogen-bond acceptors (Lipinski definition) is 1. The van der Waals surface area contributed by atoms with E-state index >= 15 is 0 Å². The average Bonchev–Trinajstić information content (AvgIpc) is 2.42. The molecule has 0 radical (unpaired) electrons. The first kappa shape index (κ1) is 15.8. The average molecular weight is 373 g/mol. The maximum absolute atomic E-state index is 6.27. The third-order valence-corrected chi connectivity index (χ3v) is 4.92. The second-order valence-corrected chi connectivity index (χ2v) is 6.43. The Hall–Kier alpha value is -0.540. The van der Waals surface area contributed by atoms with Crippen LogP contribution in [0.2, 0.25) is 10.0 Å². The number of likely N-dealkylation sites (N-methyl/N-ethyl adjacent to an activating group) is 1. The molecule has 0 saturated carbocycles. The third-order valence-electron chi connectivity index (χ3n) is 3.47. The van der Waals surface area contributed by atoms with Gasteiger partial charge in [-0.25, -0.2) is 0 Å². The van der Waals surface area contributed by atoms with E-state index in [-0.39, 0.29) is 6.04 Å². The van der Waals surface area contributed by atoms with Gasteiger partial charge in [0.1, 0.15) is 0 Å². The normalized spacial score (nSPS) is 12.4. The van der Waals surface area contributed by atoms with Crippen LogP contribution in [0.3, 0.4) is 0 Å². The van der Waals surface area contributed by atoms with Gasteiger partial charge in [-0.2, -0.15) is 0 Å². The van der Waals surface area contributed by atoms with Crippen LogP contribution < -0.4 is 5.32 Å². The van der Waals surface area contributed by atoms with Crippen molar-refractivity contribution in [2.75, 3.05) is 7.05 Å². The summed E-state index contributed by atoms with van der Waals surface area (Å²) in [7, 11) is 1.97. The van der Waals surface area contributed by atoms with E-state index in [0.717, 1.165) is 16.5 Å². The lowest BCUT2D eigenvalue weighted by molar-refractivity contribution is 0.588. The highest BCUT2D eigenvalue weighted by molar-refractivity contribution is 9.10. The maximum atomic E-state index is 6.27. The lowest BCUT2D eigenvalue weighted by Gasteiger charge is -2.20. The van der Waals surface area contributed by atoms with Crippen LogP contribution in [0.5, 0.6) is 0 Å². The smallest absolute Gasteiger partial charge is 0.0453 e.